The summed E-state index contributed by atoms with van der Waals surface area (Å²) in [7, 11) is 0. The van der Waals surface area contributed by atoms with E-state index in [2.05, 4.69) is 18.5 Å². The smallest absolute Gasteiger partial charge is 0.268 e. The molecule has 3 heterocycles. The van der Waals surface area contributed by atoms with Gasteiger partial charge in [-0.25, -0.2) is 4.98 Å². The number of para-hydroxylation sites is 4. The van der Waals surface area contributed by atoms with Gasteiger partial charge in [-0.05, 0) is 96.6 Å². The third kappa shape index (κ3) is 8.20. The molecule has 0 bridgehead atoms. The van der Waals surface area contributed by atoms with Crippen LogP contribution < -0.4 is 9.30 Å². The molecule has 0 amide bonds. The molecular weight excluding hydrogens is 1040 g/mol. The Bertz CT molecular complexity index is 4700. The molecule has 3 aromatic heterocycles. The third-order valence-corrected chi connectivity index (χ3v) is 12.4. The SMILES string of the molecule is [2H]c1c([2H])c([2H])c(-c2cnc(-n3c4[c-]c(Oc5[c-]c(-n6[c-][n+](-c7c(-c8c([2H])c([2H])c9c(c8[2H])C(C([2H])([2H])[2H])(C([2H])([2H])[2H])C([2H])([2H])C([2H])([2H])C9(C([2H])([2H])[2H])C([2H])([2H])[2H])cccc7C(C)(C)C)c7ccccc76)ccc5)ccc4c4ccccc43)cc2C(C)(C)C)c([2H])c1[2H].[Pt]. The molecule has 0 N–H and O–H groups in total. The number of hydrogen-bond donors (Lipinski definition) is 0. The first-order valence-corrected chi connectivity index (χ1v) is 22.3. The fraction of sp³-hybridized carbons (Fsp3) is 0.250. The fourth-order valence-electron chi connectivity index (χ4n) is 9.10. The molecule has 11 rings (SSSR count). The number of benzene rings is 7. The van der Waals surface area contributed by atoms with Gasteiger partial charge in [0, 0.05) is 71.8 Å². The van der Waals surface area contributed by atoms with Crippen molar-refractivity contribution in [3.63, 3.8) is 0 Å². The van der Waals surface area contributed by atoms with Crippen molar-refractivity contribution < 1.29 is 63.3 Å². The summed E-state index contributed by atoms with van der Waals surface area (Å²) in [6.45, 7) is -5.54. The molecule has 0 radical (unpaired) electrons. The number of pyridine rings is 1. The van der Waals surface area contributed by atoms with Gasteiger partial charge in [0.1, 0.15) is 5.82 Å². The first kappa shape index (κ1) is 26.6. The normalized spacial score (nSPS) is 21.6. The average molecular weight is 1120 g/mol. The van der Waals surface area contributed by atoms with E-state index in [1.165, 1.54) is 18.3 Å². The summed E-state index contributed by atoms with van der Waals surface area (Å²) in [4.78, 5) is 4.89. The minimum Gasteiger partial charge on any atom is -0.510 e. The van der Waals surface area contributed by atoms with E-state index in [1.54, 1.807) is 63.7 Å². The Kier molecular flexibility index (Phi) is 6.61. The van der Waals surface area contributed by atoms with Crippen LogP contribution in [0, 0.1) is 18.5 Å². The predicted octanol–water partition coefficient (Wildman–Crippen LogP) is 15.9. The molecule has 0 aliphatic heterocycles. The zero-order chi connectivity index (χ0) is 68.6. The quantitative estimate of drug-likeness (QED) is 0.118. The predicted molar refractivity (Wildman–Crippen MR) is 284 cm³/mol. The van der Waals surface area contributed by atoms with E-state index < -0.39 is 115 Å². The van der Waals surface area contributed by atoms with Crippen LogP contribution in [0.3, 0.4) is 0 Å². The van der Waals surface area contributed by atoms with Crippen LogP contribution in [0.5, 0.6) is 11.5 Å². The van der Waals surface area contributed by atoms with E-state index in [0.29, 0.717) is 44.7 Å². The molecule has 10 aromatic rings. The van der Waals surface area contributed by atoms with Gasteiger partial charge in [0.2, 0.25) is 0 Å². The summed E-state index contributed by atoms with van der Waals surface area (Å²) < 4.78 is 227. The van der Waals surface area contributed by atoms with Crippen LogP contribution in [-0.2, 0) is 42.7 Å². The molecule has 70 heavy (non-hydrogen) atoms. The first-order valence-electron chi connectivity index (χ1n) is 34.3. The maximum Gasteiger partial charge on any atom is 0.268 e. The minimum atomic E-state index is -4.51. The number of imidazole rings is 1. The topological polar surface area (TPSA) is 35.9 Å². The van der Waals surface area contributed by atoms with Gasteiger partial charge in [0.05, 0.1) is 27.7 Å². The van der Waals surface area contributed by atoms with Gasteiger partial charge in [-0.1, -0.05) is 183 Å². The zero-order valence-corrected chi connectivity index (χ0v) is 41.2. The average Bonchev–Trinajstić information content (AvgIpc) is 0.748. The van der Waals surface area contributed by atoms with Crippen LogP contribution in [0.15, 0.2) is 158 Å². The van der Waals surface area contributed by atoms with Crippen LogP contribution >= 0.6 is 0 Å². The van der Waals surface area contributed by atoms with E-state index >= 15 is 0 Å². The molecule has 0 saturated heterocycles. The van der Waals surface area contributed by atoms with Crippen molar-refractivity contribution in [1.82, 2.24) is 14.1 Å². The van der Waals surface area contributed by atoms with E-state index in [9.17, 15) is 9.60 Å². The maximum atomic E-state index is 10.1. The Morgan fingerprint density at radius 1 is 0.671 bits per heavy atom. The first-order chi connectivity index (χ1) is 42.8. The Morgan fingerprint density at radius 2 is 1.37 bits per heavy atom. The maximum absolute atomic E-state index is 10.1. The van der Waals surface area contributed by atoms with Gasteiger partial charge in [-0.15, -0.1) is 29.7 Å². The monoisotopic (exact) mass is 1120 g/mol. The fourth-order valence-corrected chi connectivity index (χ4v) is 9.10. The van der Waals surface area contributed by atoms with Gasteiger partial charge in [0.25, 0.3) is 6.33 Å². The molecule has 0 saturated carbocycles. The second kappa shape index (κ2) is 17.4. The van der Waals surface area contributed by atoms with Gasteiger partial charge in [0.15, 0.2) is 0 Å². The zero-order valence-electron chi connectivity index (χ0n) is 62.9. The number of rotatable bonds is 7. The number of aromatic nitrogens is 4. The Labute approximate surface area is 461 Å². The van der Waals surface area contributed by atoms with Crippen molar-refractivity contribution in [3.05, 3.63) is 198 Å². The van der Waals surface area contributed by atoms with Crippen molar-refractivity contribution in [2.45, 2.75) is 103 Å². The summed E-state index contributed by atoms with van der Waals surface area (Å²) in [5.41, 5.74) is -9.92. The molecule has 0 atom stereocenters. The molecule has 6 heteroatoms. The largest absolute Gasteiger partial charge is 0.510 e. The van der Waals surface area contributed by atoms with Gasteiger partial charge >= 0.3 is 0 Å². The molecule has 5 nitrogen and oxygen atoms in total. The summed E-state index contributed by atoms with van der Waals surface area (Å²) in [5, 5.41) is 1.65. The number of nitrogens with zero attached hydrogens (tertiary/aromatic N) is 4. The van der Waals surface area contributed by atoms with Crippen LogP contribution in [0.1, 0.15) is 137 Å². The number of hydrogen-bond acceptors (Lipinski definition) is 2. The van der Waals surface area contributed by atoms with E-state index in [-0.39, 0.29) is 61.5 Å². The molecular formula is C64H60N4OPt-2. The molecule has 1 aliphatic carbocycles. The summed E-state index contributed by atoms with van der Waals surface area (Å²) >= 11 is 0. The standard InChI is InChI=1S/C64H60N4O.Pt/c1-61(2,3)52-26-19-25-47(43-30-33-51-54(36-43)64(9,10)35-34-63(51,7)8)60(52)67-41-66(56-28-16-17-29-57(56)67)44-22-18-23-45(37-44)69-46-31-32-49-48-24-14-15-27-55(48)68(58(49)38-46)59-39-53(62(4,5)6)50(40-65-59)42-20-12-11-13-21-42;/h11-33,36,39-40H,34-35H2,1-10H3;/q-2;/i7D3,8D3,9D3,10D3,11D,12D,13D,20D,21D,30D,33D,34D2,35D2,36D;. The van der Waals surface area contributed by atoms with Crippen molar-refractivity contribution in [3.8, 4) is 50.9 Å². The van der Waals surface area contributed by atoms with Gasteiger partial charge < -0.3 is 13.9 Å². The second-order valence-electron chi connectivity index (χ2n) is 19.2. The Hall–Kier alpha value is -6.55. The number of fused-ring (bicyclic) bond motifs is 5. The van der Waals surface area contributed by atoms with Crippen LogP contribution in [0.25, 0.3) is 72.3 Å². The van der Waals surface area contributed by atoms with Crippen molar-refractivity contribution in [1.29, 1.82) is 0 Å². The van der Waals surface area contributed by atoms with E-state index in [4.69, 9.17) is 33.0 Å². The van der Waals surface area contributed by atoms with Crippen molar-refractivity contribution in [2.75, 3.05) is 0 Å². The third-order valence-electron chi connectivity index (χ3n) is 12.4. The van der Waals surface area contributed by atoms with Crippen LogP contribution in [0.2, 0.25) is 0 Å². The van der Waals surface area contributed by atoms with Crippen molar-refractivity contribution in [2.24, 2.45) is 0 Å². The molecule has 354 valence electrons. The molecule has 0 fully saturated rings. The van der Waals surface area contributed by atoms with Crippen LogP contribution in [0.4, 0.5) is 0 Å². The summed E-state index contributed by atoms with van der Waals surface area (Å²) in [5.74, 6) is 0.902. The van der Waals surface area contributed by atoms with Gasteiger partial charge in [-0.3, -0.25) is 4.57 Å². The number of ether oxygens (including phenoxy) is 1. The second-order valence-corrected chi connectivity index (χ2v) is 19.2. The summed E-state index contributed by atoms with van der Waals surface area (Å²) in [6, 6.07) is 30.5. The summed E-state index contributed by atoms with van der Waals surface area (Å²) in [6.07, 6.45) is -4.10. The van der Waals surface area contributed by atoms with E-state index in [1.807, 2.05) is 82.5 Å². The van der Waals surface area contributed by atoms with E-state index in [0.717, 1.165) is 16.3 Å². The molecule has 1 aliphatic rings. The van der Waals surface area contributed by atoms with Gasteiger partial charge in [-0.2, -0.15) is 18.2 Å². The Balaban J connectivity index is 0.00000964. The molecule has 7 aromatic carbocycles. The van der Waals surface area contributed by atoms with Crippen molar-refractivity contribution >= 4 is 32.8 Å². The minimum absolute atomic E-state index is 0. The molecule has 0 unspecified atom stereocenters. The molecule has 0 spiro atoms. The van der Waals surface area contributed by atoms with Crippen LogP contribution in [-0.4, -0.2) is 14.1 Å². The Morgan fingerprint density at radius 3 is 2.13 bits per heavy atom.